The maximum atomic E-state index is 13.2. The highest BCUT2D eigenvalue weighted by molar-refractivity contribution is 5.90. The molecule has 3 atom stereocenters. The van der Waals surface area contributed by atoms with Gasteiger partial charge in [0.05, 0.1) is 25.2 Å². The molecule has 3 aliphatic heterocycles. The number of halogens is 1. The highest BCUT2D eigenvalue weighted by Crippen LogP contribution is 2.38. The van der Waals surface area contributed by atoms with Gasteiger partial charge in [-0.1, -0.05) is 36.8 Å². The Bertz CT molecular complexity index is 982. The largest absolute Gasteiger partial charge is 1.00 e. The number of piperidine rings is 3. The molecule has 4 aliphatic rings. The first-order valence-electron chi connectivity index (χ1n) is 12.8. The van der Waals surface area contributed by atoms with E-state index in [9.17, 15) is 9.59 Å². The van der Waals surface area contributed by atoms with Crippen molar-refractivity contribution in [1.82, 2.24) is 9.97 Å². The van der Waals surface area contributed by atoms with Gasteiger partial charge in [0.15, 0.2) is 18.5 Å². The maximum absolute atomic E-state index is 13.2. The molecule has 1 aliphatic carbocycles. The Morgan fingerprint density at radius 2 is 1.80 bits per heavy atom. The lowest BCUT2D eigenvalue weighted by molar-refractivity contribution is -0.939. The Balaban J connectivity index is 0.00000289. The van der Waals surface area contributed by atoms with Crippen molar-refractivity contribution in [3.05, 3.63) is 54.5 Å². The number of hydrogen-bond donors (Lipinski definition) is 1. The molecule has 1 aromatic carbocycles. The number of quaternary nitrogens is 1. The molecule has 4 heterocycles. The average molecular weight is 499 g/mol. The molecule has 6 rings (SSSR count). The summed E-state index contributed by atoms with van der Waals surface area (Å²) >= 11 is 0. The van der Waals surface area contributed by atoms with E-state index >= 15 is 0 Å². The van der Waals surface area contributed by atoms with E-state index in [0.29, 0.717) is 28.7 Å². The zero-order valence-electron chi connectivity index (χ0n) is 20.2. The van der Waals surface area contributed by atoms with Crippen molar-refractivity contribution in [2.24, 2.45) is 11.8 Å². The molecule has 7 nitrogen and oxygen atoms in total. The quantitative estimate of drug-likeness (QED) is 0.364. The lowest BCUT2D eigenvalue weighted by atomic mass is 9.83. The van der Waals surface area contributed by atoms with Crippen LogP contribution in [0.5, 0.6) is 0 Å². The van der Waals surface area contributed by atoms with Gasteiger partial charge in [-0.3, -0.25) is 14.6 Å². The van der Waals surface area contributed by atoms with E-state index in [1.54, 1.807) is 18.6 Å². The second-order valence-corrected chi connectivity index (χ2v) is 10.4. The number of esters is 1. The monoisotopic (exact) mass is 498 g/mol. The van der Waals surface area contributed by atoms with Crippen LogP contribution in [0.2, 0.25) is 0 Å². The van der Waals surface area contributed by atoms with Gasteiger partial charge in [-0.05, 0) is 37.2 Å². The van der Waals surface area contributed by atoms with Crippen LogP contribution in [0.3, 0.4) is 0 Å². The Labute approximate surface area is 213 Å². The van der Waals surface area contributed by atoms with Gasteiger partial charge in [0.1, 0.15) is 6.54 Å². The van der Waals surface area contributed by atoms with E-state index in [0.717, 1.165) is 64.6 Å². The number of anilines is 1. The van der Waals surface area contributed by atoms with Gasteiger partial charge >= 0.3 is 5.97 Å². The van der Waals surface area contributed by atoms with E-state index in [4.69, 9.17) is 4.74 Å². The van der Waals surface area contributed by atoms with Crippen molar-refractivity contribution in [2.75, 3.05) is 31.5 Å². The Morgan fingerprint density at radius 1 is 1.00 bits per heavy atom. The number of nitrogens with zero attached hydrogens (tertiary/aromatic N) is 3. The van der Waals surface area contributed by atoms with Crippen LogP contribution < -0.4 is 17.7 Å². The van der Waals surface area contributed by atoms with Crippen LogP contribution in [0.4, 0.5) is 5.82 Å². The molecule has 3 saturated heterocycles. The van der Waals surface area contributed by atoms with Crippen molar-refractivity contribution in [3.8, 4) is 0 Å². The van der Waals surface area contributed by atoms with Crippen LogP contribution in [0.15, 0.2) is 48.9 Å². The summed E-state index contributed by atoms with van der Waals surface area (Å²) in [5, 5.41) is 2.86. The Morgan fingerprint density at radius 3 is 2.54 bits per heavy atom. The normalized spacial score (nSPS) is 29.9. The Hall–Kier alpha value is -2.51. The first-order valence-corrected chi connectivity index (χ1v) is 12.8. The molecule has 1 N–H and O–H groups in total. The number of fused-ring (bicyclic) bond motifs is 3. The van der Waals surface area contributed by atoms with E-state index in [1.165, 1.54) is 5.56 Å². The molecular weight excluding hydrogens is 464 g/mol. The van der Waals surface area contributed by atoms with Crippen molar-refractivity contribution in [3.63, 3.8) is 0 Å². The van der Waals surface area contributed by atoms with Gasteiger partial charge in [0.2, 0.25) is 0 Å². The number of ether oxygens (including phenoxy) is 1. The molecule has 0 radical (unpaired) electrons. The summed E-state index contributed by atoms with van der Waals surface area (Å²) in [6.07, 6.45) is 11.7. The van der Waals surface area contributed by atoms with Crippen molar-refractivity contribution in [1.29, 1.82) is 0 Å². The number of nitrogens with one attached hydrogen (secondary N) is 1. The lowest BCUT2D eigenvalue weighted by Gasteiger charge is -2.51. The fourth-order valence-corrected chi connectivity index (χ4v) is 6.27. The summed E-state index contributed by atoms with van der Waals surface area (Å²) in [5.74, 6) is 1.36. The highest BCUT2D eigenvalue weighted by Gasteiger charge is 2.49. The van der Waals surface area contributed by atoms with Crippen molar-refractivity contribution < 1.29 is 31.2 Å². The fourth-order valence-electron chi connectivity index (χ4n) is 6.27. The summed E-state index contributed by atoms with van der Waals surface area (Å²) in [6.45, 7) is 3.06. The summed E-state index contributed by atoms with van der Waals surface area (Å²) in [5.41, 5.74) is 1.39. The summed E-state index contributed by atoms with van der Waals surface area (Å²) in [4.78, 5) is 34.1. The minimum atomic E-state index is -0.0764. The first-order chi connectivity index (χ1) is 16.6. The van der Waals surface area contributed by atoms with Gasteiger partial charge in [0.25, 0.3) is 5.91 Å². The molecule has 1 amide bonds. The second kappa shape index (κ2) is 11.5. The second-order valence-electron chi connectivity index (χ2n) is 10.4. The molecule has 8 heteroatoms. The predicted octanol–water partition coefficient (Wildman–Crippen LogP) is 0.935. The number of amides is 1. The van der Waals surface area contributed by atoms with Crippen LogP contribution in [0, 0.1) is 11.8 Å². The van der Waals surface area contributed by atoms with Gasteiger partial charge < -0.3 is 26.9 Å². The van der Waals surface area contributed by atoms with Gasteiger partial charge in [-0.2, -0.15) is 0 Å². The van der Waals surface area contributed by atoms with Crippen LogP contribution in [-0.4, -0.2) is 58.6 Å². The zero-order chi connectivity index (χ0) is 23.4. The third kappa shape index (κ3) is 6.19. The van der Waals surface area contributed by atoms with Gasteiger partial charge in [0, 0.05) is 31.2 Å². The summed E-state index contributed by atoms with van der Waals surface area (Å²) in [7, 11) is 0. The van der Waals surface area contributed by atoms with Crippen LogP contribution >= 0.6 is 0 Å². The molecule has 188 valence electrons. The molecular formula is C27H35ClN4O3. The molecule has 1 aromatic heterocycles. The number of hydrogen-bond acceptors (Lipinski definition) is 5. The van der Waals surface area contributed by atoms with Crippen LogP contribution in [0.25, 0.3) is 0 Å². The predicted molar refractivity (Wildman–Crippen MR) is 129 cm³/mol. The number of carbonyl (C=O) groups excluding carboxylic acids is 2. The SMILES string of the molecule is O=C(C[N+]12CCC(CC1)[C@@H](OC(=O)C1CCCC(c3ccccc3)CC1)C2)Nc1cnccn1.[Cl-]. The average Bonchev–Trinajstić information content (AvgIpc) is 3.12. The summed E-state index contributed by atoms with van der Waals surface area (Å²) < 4.78 is 6.87. The van der Waals surface area contributed by atoms with Crippen molar-refractivity contribution >= 4 is 17.7 Å². The minimum absolute atomic E-state index is 0. The van der Waals surface area contributed by atoms with E-state index in [2.05, 4.69) is 45.6 Å². The maximum Gasteiger partial charge on any atom is 0.309 e. The molecule has 2 unspecified atom stereocenters. The van der Waals surface area contributed by atoms with Gasteiger partial charge in [-0.15, -0.1) is 0 Å². The third-order valence-corrected chi connectivity index (χ3v) is 8.19. The van der Waals surface area contributed by atoms with E-state index in [1.807, 2.05) is 0 Å². The first kappa shape index (κ1) is 25.6. The smallest absolute Gasteiger partial charge is 0.309 e. The molecule has 2 aromatic rings. The molecule has 0 spiro atoms. The zero-order valence-corrected chi connectivity index (χ0v) is 20.9. The minimum Gasteiger partial charge on any atom is -1.00 e. The lowest BCUT2D eigenvalue weighted by Crippen LogP contribution is -3.00. The number of rotatable bonds is 6. The van der Waals surface area contributed by atoms with E-state index < -0.39 is 0 Å². The topological polar surface area (TPSA) is 81.2 Å². The standard InChI is InChI=1S/C27H34N4O3.ClH/c32-26(30-25-17-28-13-14-29-25)19-31-15-11-22(12-16-31)24(18-31)34-27(33)23-8-4-7-21(9-10-23)20-5-2-1-3-6-20;/h1-3,5-6,13-14,17,21-24H,4,7-12,15-16,18-19H2;1H/t21?,22?,23?,24-,31?;/m0./s1. The number of carbonyl (C=O) groups is 2. The van der Waals surface area contributed by atoms with Gasteiger partial charge in [-0.25, -0.2) is 4.98 Å². The van der Waals surface area contributed by atoms with Crippen molar-refractivity contribution in [2.45, 2.75) is 57.0 Å². The van der Waals surface area contributed by atoms with E-state index in [-0.39, 0.29) is 36.3 Å². The molecule has 35 heavy (non-hydrogen) atoms. The number of aromatic nitrogens is 2. The number of benzene rings is 1. The fraction of sp³-hybridized carbons (Fsp3) is 0.556. The van der Waals surface area contributed by atoms with Crippen LogP contribution in [-0.2, 0) is 14.3 Å². The highest BCUT2D eigenvalue weighted by atomic mass is 35.5. The molecule has 4 fully saturated rings. The Kier molecular flexibility index (Phi) is 8.39. The molecule has 1 saturated carbocycles. The third-order valence-electron chi connectivity index (χ3n) is 8.19. The van der Waals surface area contributed by atoms with Crippen LogP contribution in [0.1, 0.15) is 56.4 Å². The summed E-state index contributed by atoms with van der Waals surface area (Å²) in [6, 6.07) is 10.7. The molecule has 2 bridgehead atoms.